The summed E-state index contributed by atoms with van der Waals surface area (Å²) in [5, 5.41) is 2.30. The second kappa shape index (κ2) is 8.38. The number of nitrogens with zero attached hydrogens (tertiary/aromatic N) is 1. The van der Waals surface area contributed by atoms with Gasteiger partial charge < -0.3 is 0 Å². The fourth-order valence-electron chi connectivity index (χ4n) is 2.78. The Morgan fingerprint density at radius 2 is 1.20 bits per heavy atom. The lowest BCUT2D eigenvalue weighted by Crippen LogP contribution is -2.15. The van der Waals surface area contributed by atoms with Gasteiger partial charge in [0, 0.05) is 16.3 Å². The third-order valence-electron chi connectivity index (χ3n) is 4.14. The molecule has 3 heteroatoms. The van der Waals surface area contributed by atoms with Crippen molar-refractivity contribution in [1.82, 2.24) is 0 Å². The van der Waals surface area contributed by atoms with Crippen molar-refractivity contribution in [2.24, 2.45) is 4.76 Å². The molecule has 0 spiro atoms. The Morgan fingerprint density at radius 3 is 1.68 bits per heavy atom. The SMILES string of the molecule is C/C(CCc1ccccc1)=N\P(=S)(c1ccccc1)c1ccccc1. The summed E-state index contributed by atoms with van der Waals surface area (Å²) in [6.07, 6.45) is -0.252. The van der Waals surface area contributed by atoms with Crippen molar-refractivity contribution in [3.8, 4) is 0 Å². The minimum Gasteiger partial charge on any atom is -0.252 e. The van der Waals surface area contributed by atoms with Crippen LogP contribution < -0.4 is 10.6 Å². The van der Waals surface area contributed by atoms with Gasteiger partial charge in [0.2, 0.25) is 0 Å². The average molecular weight is 363 g/mol. The van der Waals surface area contributed by atoms with Gasteiger partial charge in [-0.1, -0.05) is 103 Å². The van der Waals surface area contributed by atoms with Crippen LogP contribution in [0.4, 0.5) is 0 Å². The van der Waals surface area contributed by atoms with Crippen LogP contribution in [-0.4, -0.2) is 5.71 Å². The van der Waals surface area contributed by atoms with Crippen LogP contribution in [0.15, 0.2) is 95.8 Å². The van der Waals surface area contributed by atoms with Crippen LogP contribution in [0, 0.1) is 0 Å². The van der Waals surface area contributed by atoms with E-state index in [-0.39, 0.29) is 0 Å². The van der Waals surface area contributed by atoms with Gasteiger partial charge in [0.25, 0.3) is 0 Å². The van der Waals surface area contributed by atoms with Gasteiger partial charge in [0.1, 0.15) is 6.19 Å². The first kappa shape index (κ1) is 17.8. The van der Waals surface area contributed by atoms with Crippen LogP contribution in [0.3, 0.4) is 0 Å². The normalized spacial score (nSPS) is 12.1. The molecule has 0 radical (unpaired) electrons. The van der Waals surface area contributed by atoms with Crippen molar-refractivity contribution in [1.29, 1.82) is 0 Å². The highest BCUT2D eigenvalue weighted by Crippen LogP contribution is 2.45. The van der Waals surface area contributed by atoms with Gasteiger partial charge >= 0.3 is 0 Å². The molecule has 0 saturated carbocycles. The molecule has 0 aliphatic carbocycles. The molecule has 1 nitrogen and oxygen atoms in total. The van der Waals surface area contributed by atoms with Crippen molar-refractivity contribution in [2.45, 2.75) is 19.8 Å². The van der Waals surface area contributed by atoms with E-state index < -0.39 is 6.19 Å². The fraction of sp³-hybridized carbons (Fsp3) is 0.136. The Balaban J connectivity index is 1.91. The zero-order valence-electron chi connectivity index (χ0n) is 14.4. The van der Waals surface area contributed by atoms with E-state index in [0.29, 0.717) is 0 Å². The minimum absolute atomic E-state index is 0.933. The molecule has 0 aliphatic heterocycles. The zero-order chi connectivity index (χ0) is 17.5. The third kappa shape index (κ3) is 4.54. The molecule has 0 heterocycles. The highest BCUT2D eigenvalue weighted by molar-refractivity contribution is 8.21. The van der Waals surface area contributed by atoms with E-state index in [9.17, 15) is 0 Å². The Bertz CT molecular complexity index is 830. The van der Waals surface area contributed by atoms with Crippen molar-refractivity contribution in [3.05, 3.63) is 96.6 Å². The molecule has 126 valence electrons. The Labute approximate surface area is 155 Å². The lowest BCUT2D eigenvalue weighted by atomic mass is 10.1. The quantitative estimate of drug-likeness (QED) is 0.437. The van der Waals surface area contributed by atoms with Crippen LogP contribution in [0.25, 0.3) is 0 Å². The molecular weight excluding hydrogens is 341 g/mol. The largest absolute Gasteiger partial charge is 0.252 e. The zero-order valence-corrected chi connectivity index (χ0v) is 16.1. The molecule has 0 aliphatic rings. The molecule has 25 heavy (non-hydrogen) atoms. The summed E-state index contributed by atoms with van der Waals surface area (Å²) in [5.41, 5.74) is 2.46. The minimum atomic E-state index is -2.18. The number of hydrogen-bond donors (Lipinski definition) is 0. The van der Waals surface area contributed by atoms with Crippen molar-refractivity contribution < 1.29 is 0 Å². The highest BCUT2D eigenvalue weighted by Gasteiger charge is 2.21. The van der Waals surface area contributed by atoms with E-state index in [2.05, 4.69) is 61.5 Å². The van der Waals surface area contributed by atoms with Crippen LogP contribution in [0.2, 0.25) is 0 Å². The number of aryl methyl sites for hydroxylation is 1. The molecule has 0 atom stereocenters. The summed E-state index contributed by atoms with van der Waals surface area (Å²) in [5.74, 6) is 0. The molecule has 0 unspecified atom stereocenters. The van der Waals surface area contributed by atoms with Gasteiger partial charge in [0.05, 0.1) is 0 Å². The van der Waals surface area contributed by atoms with E-state index in [1.54, 1.807) is 0 Å². The Hall–Kier alpha value is -2.02. The van der Waals surface area contributed by atoms with Crippen LogP contribution in [0.1, 0.15) is 18.9 Å². The predicted octanol–water partition coefficient (Wildman–Crippen LogP) is 5.13. The van der Waals surface area contributed by atoms with Gasteiger partial charge in [-0.3, -0.25) is 4.76 Å². The molecule has 0 amide bonds. The highest BCUT2D eigenvalue weighted by atomic mass is 32.4. The predicted molar refractivity (Wildman–Crippen MR) is 114 cm³/mol. The maximum absolute atomic E-state index is 6.17. The monoisotopic (exact) mass is 363 g/mol. The van der Waals surface area contributed by atoms with E-state index >= 15 is 0 Å². The van der Waals surface area contributed by atoms with E-state index in [1.165, 1.54) is 5.56 Å². The van der Waals surface area contributed by atoms with Crippen molar-refractivity contribution in [3.63, 3.8) is 0 Å². The smallest absolute Gasteiger partial charge is 0.112 e. The summed E-state index contributed by atoms with van der Waals surface area (Å²) in [7, 11) is 0. The second-order valence-corrected chi connectivity index (χ2v) is 10.0. The molecule has 0 fully saturated rings. The van der Waals surface area contributed by atoms with Gasteiger partial charge in [-0.05, 0) is 25.3 Å². The second-order valence-electron chi connectivity index (χ2n) is 6.07. The summed E-state index contributed by atoms with van der Waals surface area (Å²) in [6.45, 7) is 2.11. The molecular formula is C22H22NPS. The van der Waals surface area contributed by atoms with Crippen molar-refractivity contribution in [2.75, 3.05) is 0 Å². The standard InChI is InChI=1S/C22H22NPS/c1-19(17-18-20-11-5-2-6-12-20)23-24(25,21-13-7-3-8-14-21)22-15-9-4-10-16-22/h2-16H,17-18H2,1H3/b23-19+. The van der Waals surface area contributed by atoms with Gasteiger partial charge in [-0.25, -0.2) is 0 Å². The molecule has 0 bridgehead atoms. The van der Waals surface area contributed by atoms with Gasteiger partial charge in [-0.2, -0.15) is 0 Å². The average Bonchev–Trinajstić information content (AvgIpc) is 2.68. The lowest BCUT2D eigenvalue weighted by molar-refractivity contribution is 1.04. The first-order valence-electron chi connectivity index (χ1n) is 8.49. The maximum Gasteiger partial charge on any atom is 0.112 e. The number of hydrogen-bond acceptors (Lipinski definition) is 1. The molecule has 3 rings (SSSR count). The summed E-state index contributed by atoms with van der Waals surface area (Å²) < 4.78 is 5.11. The van der Waals surface area contributed by atoms with Crippen LogP contribution in [0.5, 0.6) is 0 Å². The summed E-state index contributed by atoms with van der Waals surface area (Å²) in [6, 6.07) is 31.3. The maximum atomic E-state index is 6.17. The molecule has 3 aromatic rings. The number of benzene rings is 3. The van der Waals surface area contributed by atoms with Gasteiger partial charge in [-0.15, -0.1) is 0 Å². The molecule has 3 aromatic carbocycles. The molecule has 0 saturated heterocycles. The van der Waals surface area contributed by atoms with E-state index in [4.69, 9.17) is 16.6 Å². The number of rotatable bonds is 6. The van der Waals surface area contributed by atoms with Gasteiger partial charge in [0.15, 0.2) is 0 Å². The Kier molecular flexibility index (Phi) is 5.96. The molecule has 0 aromatic heterocycles. The first-order chi connectivity index (χ1) is 12.2. The van der Waals surface area contributed by atoms with Crippen LogP contribution in [-0.2, 0) is 18.2 Å². The van der Waals surface area contributed by atoms with E-state index in [1.807, 2.05) is 36.4 Å². The lowest BCUT2D eigenvalue weighted by Gasteiger charge is -2.20. The summed E-state index contributed by atoms with van der Waals surface area (Å²) in [4.78, 5) is 0. The van der Waals surface area contributed by atoms with E-state index in [0.717, 1.165) is 29.2 Å². The first-order valence-corrected chi connectivity index (χ1v) is 11.2. The topological polar surface area (TPSA) is 12.4 Å². The van der Waals surface area contributed by atoms with Crippen LogP contribution >= 0.6 is 6.19 Å². The summed E-state index contributed by atoms with van der Waals surface area (Å²) >= 11 is 6.17. The van der Waals surface area contributed by atoms with Crippen molar-refractivity contribution >= 4 is 34.3 Å². The molecule has 0 N–H and O–H groups in total. The third-order valence-corrected chi connectivity index (χ3v) is 8.27. The Morgan fingerprint density at radius 1 is 0.760 bits per heavy atom. The fourth-order valence-corrected chi connectivity index (χ4v) is 6.20.